The van der Waals surface area contributed by atoms with E-state index in [2.05, 4.69) is 4.72 Å². The lowest BCUT2D eigenvalue weighted by atomic mass is 10.3. The maximum absolute atomic E-state index is 11.7. The lowest BCUT2D eigenvalue weighted by Gasteiger charge is -2.10. The second-order valence-electron chi connectivity index (χ2n) is 3.38. The van der Waals surface area contributed by atoms with Crippen molar-refractivity contribution in [3.05, 3.63) is 23.2 Å². The standard InChI is InChI=1S/C9H13ClN2O3S/c1-6(13)5-12-16(14,15)9-4-7(10)2-3-8(9)11/h2-4,6,12-13H,5,11H2,1H3/t6-/m0/s1. The molecule has 0 radical (unpaired) electrons. The molecule has 0 spiro atoms. The van der Waals surface area contributed by atoms with E-state index in [4.69, 9.17) is 22.4 Å². The van der Waals surface area contributed by atoms with E-state index >= 15 is 0 Å². The van der Waals surface area contributed by atoms with Crippen LogP contribution in [0.1, 0.15) is 6.92 Å². The van der Waals surface area contributed by atoms with Gasteiger partial charge in [-0.1, -0.05) is 11.6 Å². The van der Waals surface area contributed by atoms with Gasteiger partial charge in [-0.25, -0.2) is 13.1 Å². The third kappa shape index (κ3) is 3.34. The highest BCUT2D eigenvalue weighted by Crippen LogP contribution is 2.22. The van der Waals surface area contributed by atoms with Gasteiger partial charge in [-0.15, -0.1) is 0 Å². The highest BCUT2D eigenvalue weighted by molar-refractivity contribution is 7.89. The molecule has 0 saturated heterocycles. The molecule has 0 aromatic heterocycles. The highest BCUT2D eigenvalue weighted by atomic mass is 35.5. The molecule has 0 bridgehead atoms. The number of aliphatic hydroxyl groups is 1. The van der Waals surface area contributed by atoms with E-state index < -0.39 is 16.1 Å². The summed E-state index contributed by atoms with van der Waals surface area (Å²) < 4.78 is 25.7. The van der Waals surface area contributed by atoms with E-state index in [1.54, 1.807) is 0 Å². The molecule has 0 aliphatic heterocycles. The minimum absolute atomic E-state index is 0.0751. The molecule has 5 nitrogen and oxygen atoms in total. The van der Waals surface area contributed by atoms with E-state index in [0.717, 1.165) is 0 Å². The summed E-state index contributed by atoms with van der Waals surface area (Å²) in [5.41, 5.74) is 5.66. The van der Waals surface area contributed by atoms with Crippen LogP contribution < -0.4 is 10.5 Å². The first-order valence-electron chi connectivity index (χ1n) is 4.55. The normalized spacial score (nSPS) is 13.7. The van der Waals surface area contributed by atoms with Gasteiger partial charge < -0.3 is 10.8 Å². The topological polar surface area (TPSA) is 92.4 Å². The summed E-state index contributed by atoms with van der Waals surface area (Å²) in [6.07, 6.45) is -0.768. The third-order valence-electron chi connectivity index (χ3n) is 1.83. The van der Waals surface area contributed by atoms with Gasteiger partial charge in [0.2, 0.25) is 10.0 Å². The smallest absolute Gasteiger partial charge is 0.242 e. The average molecular weight is 265 g/mol. The van der Waals surface area contributed by atoms with Crippen LogP contribution in [0.4, 0.5) is 5.69 Å². The molecule has 0 aliphatic carbocycles. The third-order valence-corrected chi connectivity index (χ3v) is 3.55. The minimum Gasteiger partial charge on any atom is -0.398 e. The van der Waals surface area contributed by atoms with Crippen LogP contribution in [0.15, 0.2) is 23.1 Å². The van der Waals surface area contributed by atoms with Crippen LogP contribution >= 0.6 is 11.6 Å². The number of anilines is 1. The number of benzene rings is 1. The van der Waals surface area contributed by atoms with Gasteiger partial charge in [0.1, 0.15) is 4.90 Å². The quantitative estimate of drug-likeness (QED) is 0.694. The first kappa shape index (κ1) is 13.2. The Bertz CT molecular complexity index is 474. The molecule has 1 atom stereocenters. The summed E-state index contributed by atoms with van der Waals surface area (Å²) in [7, 11) is -3.73. The maximum atomic E-state index is 11.7. The molecule has 0 unspecified atom stereocenters. The molecule has 0 heterocycles. The number of nitrogens with one attached hydrogen (secondary N) is 1. The number of halogens is 1. The van der Waals surface area contributed by atoms with Crippen LogP contribution in [-0.4, -0.2) is 26.2 Å². The Hall–Kier alpha value is -0.820. The van der Waals surface area contributed by atoms with Gasteiger partial charge in [0.15, 0.2) is 0 Å². The molecule has 0 amide bonds. The summed E-state index contributed by atoms with van der Waals surface area (Å²) in [6, 6.07) is 4.19. The van der Waals surface area contributed by atoms with Crippen molar-refractivity contribution in [3.8, 4) is 0 Å². The van der Waals surface area contributed by atoms with Crippen LogP contribution in [0.3, 0.4) is 0 Å². The molecule has 4 N–H and O–H groups in total. The van der Waals surface area contributed by atoms with Gasteiger partial charge in [0.05, 0.1) is 11.8 Å². The lowest BCUT2D eigenvalue weighted by molar-refractivity contribution is 0.198. The fourth-order valence-corrected chi connectivity index (χ4v) is 2.56. The summed E-state index contributed by atoms with van der Waals surface area (Å²) >= 11 is 5.69. The number of hydrogen-bond donors (Lipinski definition) is 3. The summed E-state index contributed by atoms with van der Waals surface area (Å²) in [5.74, 6) is 0. The fraction of sp³-hybridized carbons (Fsp3) is 0.333. The van der Waals surface area contributed by atoms with Crippen molar-refractivity contribution in [2.75, 3.05) is 12.3 Å². The zero-order valence-corrected chi connectivity index (χ0v) is 10.2. The molecule has 1 aromatic rings. The monoisotopic (exact) mass is 264 g/mol. The molecule has 7 heteroatoms. The lowest BCUT2D eigenvalue weighted by Crippen LogP contribution is -2.31. The number of sulfonamides is 1. The van der Waals surface area contributed by atoms with Crippen LogP contribution in [0.2, 0.25) is 5.02 Å². The molecule has 90 valence electrons. The van der Waals surface area contributed by atoms with E-state index in [-0.39, 0.29) is 22.2 Å². The summed E-state index contributed by atoms with van der Waals surface area (Å²) in [5, 5.41) is 9.29. The molecule has 1 rings (SSSR count). The second kappa shape index (κ2) is 5.01. The van der Waals surface area contributed by atoms with Crippen LogP contribution in [0, 0.1) is 0 Å². The maximum Gasteiger partial charge on any atom is 0.242 e. The van der Waals surface area contributed by atoms with Crippen molar-refractivity contribution in [1.29, 1.82) is 0 Å². The first-order valence-corrected chi connectivity index (χ1v) is 6.42. The van der Waals surface area contributed by atoms with Gasteiger partial charge in [0, 0.05) is 11.6 Å². The van der Waals surface area contributed by atoms with E-state index in [1.165, 1.54) is 25.1 Å². The van der Waals surface area contributed by atoms with Crippen LogP contribution in [-0.2, 0) is 10.0 Å². The second-order valence-corrected chi connectivity index (χ2v) is 5.55. The van der Waals surface area contributed by atoms with E-state index in [9.17, 15) is 8.42 Å². The average Bonchev–Trinajstić information content (AvgIpc) is 2.19. The van der Waals surface area contributed by atoms with Crippen molar-refractivity contribution in [1.82, 2.24) is 4.72 Å². The zero-order valence-electron chi connectivity index (χ0n) is 8.64. The Kier molecular flexibility index (Phi) is 4.15. The Balaban J connectivity index is 3.02. The van der Waals surface area contributed by atoms with E-state index in [0.29, 0.717) is 0 Å². The van der Waals surface area contributed by atoms with Crippen molar-refractivity contribution < 1.29 is 13.5 Å². The Morgan fingerprint density at radius 1 is 1.56 bits per heavy atom. The number of nitrogen functional groups attached to an aromatic ring is 1. The first-order chi connectivity index (χ1) is 7.33. The van der Waals surface area contributed by atoms with Gasteiger partial charge in [0.25, 0.3) is 0 Å². The predicted molar refractivity (Wildman–Crippen MR) is 62.7 cm³/mol. The zero-order chi connectivity index (χ0) is 12.3. The van der Waals surface area contributed by atoms with Crippen LogP contribution in [0.25, 0.3) is 0 Å². The summed E-state index contributed by atoms with van der Waals surface area (Å²) in [6.45, 7) is 1.40. The molecule has 0 fully saturated rings. The number of nitrogens with two attached hydrogens (primary N) is 1. The molecule has 1 aromatic carbocycles. The van der Waals surface area contributed by atoms with Crippen molar-refractivity contribution in [3.63, 3.8) is 0 Å². The largest absolute Gasteiger partial charge is 0.398 e. The van der Waals surface area contributed by atoms with Crippen molar-refractivity contribution in [2.24, 2.45) is 0 Å². The SMILES string of the molecule is C[C@H](O)CNS(=O)(=O)c1cc(Cl)ccc1N. The molecule has 0 aliphatic rings. The van der Waals surface area contributed by atoms with Crippen molar-refractivity contribution in [2.45, 2.75) is 17.9 Å². The minimum atomic E-state index is -3.73. The van der Waals surface area contributed by atoms with Crippen molar-refractivity contribution >= 4 is 27.3 Å². The highest BCUT2D eigenvalue weighted by Gasteiger charge is 2.17. The molecule has 16 heavy (non-hydrogen) atoms. The Labute approximate surface area is 99.3 Å². The molecular weight excluding hydrogens is 252 g/mol. The number of hydrogen-bond acceptors (Lipinski definition) is 4. The Morgan fingerprint density at radius 3 is 2.75 bits per heavy atom. The Morgan fingerprint density at radius 2 is 2.19 bits per heavy atom. The number of rotatable bonds is 4. The van der Waals surface area contributed by atoms with E-state index in [1.807, 2.05) is 0 Å². The van der Waals surface area contributed by atoms with Gasteiger partial charge >= 0.3 is 0 Å². The van der Waals surface area contributed by atoms with Gasteiger partial charge in [-0.2, -0.15) is 0 Å². The van der Waals surface area contributed by atoms with Crippen LogP contribution in [0.5, 0.6) is 0 Å². The molecular formula is C9H13ClN2O3S. The summed E-state index contributed by atoms with van der Waals surface area (Å²) in [4.78, 5) is -0.0827. The number of aliphatic hydroxyl groups excluding tert-OH is 1. The van der Waals surface area contributed by atoms with Gasteiger partial charge in [-0.05, 0) is 25.1 Å². The predicted octanol–water partition coefficient (Wildman–Crippen LogP) is 0.581. The van der Waals surface area contributed by atoms with Gasteiger partial charge in [-0.3, -0.25) is 0 Å². The fourth-order valence-electron chi connectivity index (χ4n) is 1.05. The molecule has 0 saturated carbocycles.